The lowest BCUT2D eigenvalue weighted by atomic mass is 10.2. The van der Waals surface area contributed by atoms with Crippen LogP contribution in [-0.2, 0) is 21.5 Å². The predicted molar refractivity (Wildman–Crippen MR) is 146 cm³/mol. The minimum atomic E-state index is -3.80. The van der Waals surface area contributed by atoms with E-state index < -0.39 is 10.2 Å². The number of fused-ring (bicyclic) bond motifs is 1. The summed E-state index contributed by atoms with van der Waals surface area (Å²) in [6, 6.07) is 9.04. The number of hydrogen-bond donors (Lipinski definition) is 0. The maximum absolute atomic E-state index is 13.0. The van der Waals surface area contributed by atoms with Gasteiger partial charge in [0.25, 0.3) is 0 Å². The maximum Gasteiger partial charge on any atom is 0.308 e. The van der Waals surface area contributed by atoms with Crippen LogP contribution in [0.25, 0.3) is 11.2 Å². The summed E-state index contributed by atoms with van der Waals surface area (Å²) in [6.45, 7) is 2.77. The molecule has 1 saturated heterocycles. The summed E-state index contributed by atoms with van der Waals surface area (Å²) in [6.07, 6.45) is 4.61. The molecule has 0 spiro atoms. The standard InChI is InChI=1S/C25H30N8O5S/c1-30(2)39(34,35)33-8-7-26-24(33)17-32(18-13-19(36-3)15-20(14-18)37-4)22-6-5-21-25(28-22)29-23(16-27-21)31-9-11-38-12-10-31/h5-8,13-16H,9-12,17H2,1-4H3. The van der Waals surface area contributed by atoms with Crippen LogP contribution in [0, 0.1) is 0 Å². The van der Waals surface area contributed by atoms with Crippen LogP contribution in [0.4, 0.5) is 17.3 Å². The lowest BCUT2D eigenvalue weighted by Crippen LogP contribution is -2.36. The molecule has 0 radical (unpaired) electrons. The number of anilines is 3. The Labute approximate surface area is 226 Å². The number of rotatable bonds is 9. The smallest absolute Gasteiger partial charge is 0.308 e. The zero-order valence-corrected chi connectivity index (χ0v) is 23.0. The van der Waals surface area contributed by atoms with Crippen LogP contribution >= 0.6 is 0 Å². The van der Waals surface area contributed by atoms with Gasteiger partial charge in [0.05, 0.1) is 45.9 Å². The summed E-state index contributed by atoms with van der Waals surface area (Å²) in [5, 5.41) is 0. The van der Waals surface area contributed by atoms with Crippen molar-refractivity contribution in [1.82, 2.24) is 28.2 Å². The molecule has 4 heterocycles. The van der Waals surface area contributed by atoms with Gasteiger partial charge < -0.3 is 24.0 Å². The molecule has 0 saturated carbocycles. The number of nitrogens with zero attached hydrogens (tertiary/aromatic N) is 8. The van der Waals surface area contributed by atoms with Gasteiger partial charge in [0.1, 0.15) is 34.5 Å². The Morgan fingerprint density at radius 3 is 2.38 bits per heavy atom. The fourth-order valence-corrected chi connectivity index (χ4v) is 5.12. The molecule has 1 fully saturated rings. The number of imidazole rings is 1. The van der Waals surface area contributed by atoms with Gasteiger partial charge in [-0.25, -0.2) is 23.9 Å². The van der Waals surface area contributed by atoms with Crippen LogP contribution in [0.15, 0.2) is 48.9 Å². The van der Waals surface area contributed by atoms with Gasteiger partial charge in [-0.05, 0) is 12.1 Å². The molecule has 4 aromatic rings. The van der Waals surface area contributed by atoms with Crippen LogP contribution in [0.3, 0.4) is 0 Å². The number of morpholine rings is 1. The second-order valence-electron chi connectivity index (χ2n) is 8.93. The fourth-order valence-electron chi connectivity index (χ4n) is 4.19. The molecule has 206 valence electrons. The van der Waals surface area contributed by atoms with Gasteiger partial charge in [-0.15, -0.1) is 0 Å². The Morgan fingerprint density at radius 2 is 1.72 bits per heavy atom. The van der Waals surface area contributed by atoms with Gasteiger partial charge in [0.15, 0.2) is 5.65 Å². The summed E-state index contributed by atoms with van der Waals surface area (Å²) in [5.74, 6) is 2.66. The molecule has 5 rings (SSSR count). The first-order valence-corrected chi connectivity index (χ1v) is 13.6. The van der Waals surface area contributed by atoms with E-state index in [0.717, 1.165) is 27.2 Å². The summed E-state index contributed by atoms with van der Waals surface area (Å²) < 4.78 is 44.7. The Kier molecular flexibility index (Phi) is 7.50. The quantitative estimate of drug-likeness (QED) is 0.302. The average Bonchev–Trinajstić information content (AvgIpc) is 3.44. The summed E-state index contributed by atoms with van der Waals surface area (Å²) >= 11 is 0. The topological polar surface area (TPSA) is 128 Å². The van der Waals surface area contributed by atoms with Crippen LogP contribution in [0.5, 0.6) is 11.5 Å². The first-order valence-electron chi connectivity index (χ1n) is 12.2. The van der Waals surface area contributed by atoms with E-state index in [9.17, 15) is 8.42 Å². The highest BCUT2D eigenvalue weighted by atomic mass is 32.2. The average molecular weight is 555 g/mol. The SMILES string of the molecule is COc1cc(OC)cc(N(Cc2nccn2S(=O)(=O)N(C)C)c2ccc3ncc(N4CCOCC4)nc3n2)c1. The minimum Gasteiger partial charge on any atom is -0.497 e. The van der Waals surface area contributed by atoms with Crippen molar-refractivity contribution in [2.75, 3.05) is 64.4 Å². The monoisotopic (exact) mass is 554 g/mol. The molecular formula is C25H30N8O5S. The highest BCUT2D eigenvalue weighted by Gasteiger charge is 2.24. The van der Waals surface area contributed by atoms with Gasteiger partial charge in [-0.3, -0.25) is 0 Å². The van der Waals surface area contributed by atoms with Crippen molar-refractivity contribution < 1.29 is 22.6 Å². The predicted octanol–water partition coefficient (Wildman–Crippen LogP) is 2.07. The van der Waals surface area contributed by atoms with Crippen LogP contribution < -0.4 is 19.3 Å². The lowest BCUT2D eigenvalue weighted by molar-refractivity contribution is 0.122. The molecule has 0 unspecified atom stereocenters. The first-order chi connectivity index (χ1) is 18.8. The molecule has 1 aliphatic heterocycles. The van der Waals surface area contributed by atoms with Crippen molar-refractivity contribution in [2.24, 2.45) is 0 Å². The second-order valence-corrected chi connectivity index (χ2v) is 10.9. The van der Waals surface area contributed by atoms with Crippen molar-refractivity contribution in [2.45, 2.75) is 6.54 Å². The third kappa shape index (κ3) is 5.44. The van der Waals surface area contributed by atoms with E-state index in [1.165, 1.54) is 26.5 Å². The van der Waals surface area contributed by atoms with Gasteiger partial charge in [-0.1, -0.05) is 0 Å². The molecule has 1 aromatic carbocycles. The molecule has 39 heavy (non-hydrogen) atoms. The van der Waals surface area contributed by atoms with Crippen LogP contribution in [0.2, 0.25) is 0 Å². The molecule has 0 N–H and O–H groups in total. The fraction of sp³-hybridized carbons (Fsp3) is 0.360. The van der Waals surface area contributed by atoms with E-state index in [0.29, 0.717) is 53.2 Å². The zero-order valence-electron chi connectivity index (χ0n) is 22.2. The maximum atomic E-state index is 13.0. The molecule has 0 atom stereocenters. The molecule has 0 amide bonds. The first kappa shape index (κ1) is 26.6. The van der Waals surface area contributed by atoms with Crippen molar-refractivity contribution in [1.29, 1.82) is 0 Å². The van der Waals surface area contributed by atoms with Crippen LogP contribution in [-0.4, -0.2) is 91.2 Å². The Morgan fingerprint density at radius 1 is 1.00 bits per heavy atom. The van der Waals surface area contributed by atoms with Gasteiger partial charge in [-0.2, -0.15) is 12.7 Å². The van der Waals surface area contributed by atoms with Crippen molar-refractivity contribution in [3.8, 4) is 11.5 Å². The second kappa shape index (κ2) is 11.0. The molecular weight excluding hydrogens is 524 g/mol. The van der Waals surface area contributed by atoms with E-state index in [4.69, 9.17) is 24.2 Å². The molecule has 1 aliphatic rings. The third-order valence-corrected chi connectivity index (χ3v) is 8.08. The van der Waals surface area contributed by atoms with Crippen LogP contribution in [0.1, 0.15) is 5.82 Å². The van der Waals surface area contributed by atoms with E-state index in [1.807, 2.05) is 29.2 Å². The van der Waals surface area contributed by atoms with Gasteiger partial charge in [0.2, 0.25) is 0 Å². The summed E-state index contributed by atoms with van der Waals surface area (Å²) in [4.78, 5) is 22.5. The van der Waals surface area contributed by atoms with E-state index in [1.54, 1.807) is 26.5 Å². The normalized spacial score (nSPS) is 14.1. The highest BCUT2D eigenvalue weighted by Crippen LogP contribution is 2.34. The number of methoxy groups -OCH3 is 2. The van der Waals surface area contributed by atoms with Crippen molar-refractivity contribution in [3.63, 3.8) is 0 Å². The number of ether oxygens (including phenoxy) is 3. The number of hydrogen-bond acceptors (Lipinski definition) is 11. The Balaban J connectivity index is 1.62. The molecule has 14 heteroatoms. The van der Waals surface area contributed by atoms with E-state index in [2.05, 4.69) is 14.9 Å². The Bertz CT molecular complexity index is 1550. The summed E-state index contributed by atoms with van der Waals surface area (Å²) in [5.41, 5.74) is 1.75. The number of pyridine rings is 1. The summed E-state index contributed by atoms with van der Waals surface area (Å²) in [7, 11) is 2.28. The van der Waals surface area contributed by atoms with Crippen molar-refractivity contribution >= 4 is 38.7 Å². The highest BCUT2D eigenvalue weighted by molar-refractivity contribution is 7.87. The largest absolute Gasteiger partial charge is 0.497 e. The van der Waals surface area contributed by atoms with Crippen molar-refractivity contribution in [3.05, 3.63) is 54.7 Å². The number of aromatic nitrogens is 5. The zero-order chi connectivity index (χ0) is 27.6. The van der Waals surface area contributed by atoms with E-state index in [-0.39, 0.29) is 6.54 Å². The third-order valence-electron chi connectivity index (χ3n) is 6.33. The number of benzene rings is 1. The van der Waals surface area contributed by atoms with Gasteiger partial charge in [0, 0.05) is 57.8 Å². The minimum absolute atomic E-state index is 0.0749. The lowest BCUT2D eigenvalue weighted by Gasteiger charge is -2.28. The molecule has 3 aromatic heterocycles. The molecule has 0 bridgehead atoms. The Hall–Kier alpha value is -4.01. The molecule has 13 nitrogen and oxygen atoms in total. The van der Waals surface area contributed by atoms with E-state index >= 15 is 0 Å². The molecule has 0 aliphatic carbocycles. The van der Waals surface area contributed by atoms with Gasteiger partial charge >= 0.3 is 10.2 Å².